The number of piperidine rings is 1. The molecule has 0 aliphatic carbocycles. The first-order valence-corrected chi connectivity index (χ1v) is 8.39. The standard InChI is InChI=1S/C18H25FN2O3/c1-12(2)21-9-7-13(8-10-21)11-16(22)20-17(18(23)24)14-5-3-4-6-15(14)19/h3-6,12-13,17H,7-11H2,1-2H3,(H,20,22)(H,23,24)/t17-/m0/s1. The van der Waals surface area contributed by atoms with Gasteiger partial charge in [0.25, 0.3) is 0 Å². The first kappa shape index (κ1) is 18.4. The smallest absolute Gasteiger partial charge is 0.331 e. The summed E-state index contributed by atoms with van der Waals surface area (Å²) in [4.78, 5) is 26.0. The second-order valence-electron chi connectivity index (χ2n) is 6.64. The molecule has 0 aromatic heterocycles. The number of hydrogen-bond acceptors (Lipinski definition) is 3. The van der Waals surface area contributed by atoms with Crippen LogP contribution in [-0.4, -0.2) is 41.0 Å². The summed E-state index contributed by atoms with van der Waals surface area (Å²) < 4.78 is 13.8. The molecular weight excluding hydrogens is 311 g/mol. The van der Waals surface area contributed by atoms with E-state index in [1.165, 1.54) is 18.2 Å². The number of carboxylic acid groups (broad SMARTS) is 1. The van der Waals surface area contributed by atoms with Crippen LogP contribution in [-0.2, 0) is 9.59 Å². The van der Waals surface area contributed by atoms with Gasteiger partial charge in [0.1, 0.15) is 5.82 Å². The number of amides is 1. The molecule has 1 amide bonds. The number of halogens is 1. The van der Waals surface area contributed by atoms with Gasteiger partial charge in [-0.2, -0.15) is 0 Å². The minimum absolute atomic E-state index is 0.0204. The Morgan fingerprint density at radius 2 is 1.92 bits per heavy atom. The van der Waals surface area contributed by atoms with Gasteiger partial charge in [0.2, 0.25) is 5.91 Å². The molecular formula is C18H25FN2O3. The van der Waals surface area contributed by atoms with E-state index in [2.05, 4.69) is 24.1 Å². The van der Waals surface area contributed by atoms with Crippen LogP contribution in [0.25, 0.3) is 0 Å². The molecule has 2 N–H and O–H groups in total. The monoisotopic (exact) mass is 336 g/mol. The lowest BCUT2D eigenvalue weighted by atomic mass is 9.92. The van der Waals surface area contributed by atoms with Crippen molar-refractivity contribution in [3.8, 4) is 0 Å². The quantitative estimate of drug-likeness (QED) is 0.838. The summed E-state index contributed by atoms with van der Waals surface area (Å²) in [5.74, 6) is -1.98. The van der Waals surface area contributed by atoms with Crippen molar-refractivity contribution in [1.82, 2.24) is 10.2 Å². The van der Waals surface area contributed by atoms with E-state index in [4.69, 9.17) is 0 Å². The molecule has 132 valence electrons. The summed E-state index contributed by atoms with van der Waals surface area (Å²) >= 11 is 0. The van der Waals surface area contributed by atoms with Crippen molar-refractivity contribution in [2.24, 2.45) is 5.92 Å². The lowest BCUT2D eigenvalue weighted by Gasteiger charge is -2.34. The van der Waals surface area contributed by atoms with E-state index in [1.54, 1.807) is 6.07 Å². The number of likely N-dealkylation sites (tertiary alicyclic amines) is 1. The normalized spacial score (nSPS) is 17.7. The van der Waals surface area contributed by atoms with Crippen LogP contribution >= 0.6 is 0 Å². The Balaban J connectivity index is 1.93. The van der Waals surface area contributed by atoms with Gasteiger partial charge in [-0.25, -0.2) is 9.18 Å². The number of carboxylic acids is 1. The minimum Gasteiger partial charge on any atom is -0.479 e. The van der Waals surface area contributed by atoms with E-state index in [0.29, 0.717) is 6.04 Å². The Morgan fingerprint density at radius 3 is 2.46 bits per heavy atom. The van der Waals surface area contributed by atoms with E-state index < -0.39 is 17.8 Å². The van der Waals surface area contributed by atoms with E-state index >= 15 is 0 Å². The molecule has 1 aromatic carbocycles. The molecule has 1 aliphatic rings. The van der Waals surface area contributed by atoms with Crippen molar-refractivity contribution in [2.75, 3.05) is 13.1 Å². The Hall–Kier alpha value is -1.95. The SMILES string of the molecule is CC(C)N1CCC(CC(=O)N[C@H](C(=O)O)c2ccccc2F)CC1. The van der Waals surface area contributed by atoms with Gasteiger partial charge in [-0.1, -0.05) is 18.2 Å². The highest BCUT2D eigenvalue weighted by Gasteiger charge is 2.27. The first-order chi connectivity index (χ1) is 11.4. The maximum absolute atomic E-state index is 13.8. The van der Waals surface area contributed by atoms with Gasteiger partial charge < -0.3 is 15.3 Å². The van der Waals surface area contributed by atoms with Crippen LogP contribution in [0.2, 0.25) is 0 Å². The Kier molecular flexibility index (Phi) is 6.31. The van der Waals surface area contributed by atoms with Crippen LogP contribution in [0, 0.1) is 11.7 Å². The fraction of sp³-hybridized carbons (Fsp3) is 0.556. The van der Waals surface area contributed by atoms with Gasteiger partial charge in [0, 0.05) is 18.0 Å². The Morgan fingerprint density at radius 1 is 1.29 bits per heavy atom. The lowest BCUT2D eigenvalue weighted by Crippen LogP contribution is -2.40. The molecule has 1 saturated heterocycles. The molecule has 5 nitrogen and oxygen atoms in total. The van der Waals surface area contributed by atoms with Crippen molar-refractivity contribution in [2.45, 2.75) is 45.2 Å². The van der Waals surface area contributed by atoms with Gasteiger partial charge in [-0.15, -0.1) is 0 Å². The third-order valence-electron chi connectivity index (χ3n) is 4.62. The molecule has 1 aromatic rings. The summed E-state index contributed by atoms with van der Waals surface area (Å²) in [5.41, 5.74) is -0.0204. The van der Waals surface area contributed by atoms with Gasteiger partial charge >= 0.3 is 5.97 Å². The number of rotatable bonds is 6. The summed E-state index contributed by atoms with van der Waals surface area (Å²) in [6.07, 6.45) is 2.12. The van der Waals surface area contributed by atoms with Crippen molar-refractivity contribution >= 4 is 11.9 Å². The van der Waals surface area contributed by atoms with Crippen LogP contribution in [0.5, 0.6) is 0 Å². The fourth-order valence-electron chi connectivity index (χ4n) is 3.14. The molecule has 1 atom stereocenters. The van der Waals surface area contributed by atoms with Crippen molar-refractivity contribution in [3.05, 3.63) is 35.6 Å². The number of aliphatic carboxylic acids is 1. The van der Waals surface area contributed by atoms with Gasteiger partial charge in [0.05, 0.1) is 0 Å². The summed E-state index contributed by atoms with van der Waals surface area (Å²) in [5, 5.41) is 11.8. The first-order valence-electron chi connectivity index (χ1n) is 8.39. The van der Waals surface area contributed by atoms with Crippen molar-refractivity contribution in [1.29, 1.82) is 0 Å². The average molecular weight is 336 g/mol. The minimum atomic E-state index is -1.35. The number of nitrogens with zero attached hydrogens (tertiary/aromatic N) is 1. The van der Waals surface area contributed by atoms with Gasteiger partial charge in [-0.05, 0) is 51.8 Å². The topological polar surface area (TPSA) is 69.6 Å². The van der Waals surface area contributed by atoms with Crippen LogP contribution < -0.4 is 5.32 Å². The van der Waals surface area contributed by atoms with E-state index in [-0.39, 0.29) is 23.8 Å². The average Bonchev–Trinajstić information content (AvgIpc) is 2.53. The zero-order chi connectivity index (χ0) is 17.7. The zero-order valence-corrected chi connectivity index (χ0v) is 14.2. The van der Waals surface area contributed by atoms with Crippen LogP contribution in [0.4, 0.5) is 4.39 Å². The van der Waals surface area contributed by atoms with Crippen molar-refractivity contribution in [3.63, 3.8) is 0 Å². The molecule has 0 unspecified atom stereocenters. The van der Waals surface area contributed by atoms with Crippen LogP contribution in [0.3, 0.4) is 0 Å². The number of carbonyl (C=O) groups is 2. The Labute approximate surface area is 141 Å². The predicted molar refractivity (Wildman–Crippen MR) is 89.0 cm³/mol. The molecule has 0 bridgehead atoms. The fourth-order valence-corrected chi connectivity index (χ4v) is 3.14. The number of carbonyl (C=O) groups excluding carboxylic acids is 1. The Bertz CT molecular complexity index is 583. The summed E-state index contributed by atoms with van der Waals surface area (Å²) in [6.45, 7) is 6.20. The number of benzene rings is 1. The van der Waals surface area contributed by atoms with Crippen LogP contribution in [0.15, 0.2) is 24.3 Å². The third kappa shape index (κ3) is 4.77. The van der Waals surface area contributed by atoms with Gasteiger partial charge in [-0.3, -0.25) is 4.79 Å². The molecule has 1 aliphatic heterocycles. The molecule has 1 heterocycles. The molecule has 1 fully saturated rings. The highest BCUT2D eigenvalue weighted by atomic mass is 19.1. The maximum atomic E-state index is 13.8. The molecule has 24 heavy (non-hydrogen) atoms. The number of hydrogen-bond donors (Lipinski definition) is 2. The number of nitrogens with one attached hydrogen (secondary N) is 1. The molecule has 0 radical (unpaired) electrons. The predicted octanol–water partition coefficient (Wildman–Crippen LogP) is 2.58. The van der Waals surface area contributed by atoms with E-state index in [1.807, 2.05) is 0 Å². The van der Waals surface area contributed by atoms with E-state index in [0.717, 1.165) is 25.9 Å². The molecule has 0 saturated carbocycles. The molecule has 2 rings (SSSR count). The van der Waals surface area contributed by atoms with E-state index in [9.17, 15) is 19.1 Å². The maximum Gasteiger partial charge on any atom is 0.331 e. The summed E-state index contributed by atoms with van der Waals surface area (Å²) in [6, 6.07) is 4.77. The lowest BCUT2D eigenvalue weighted by molar-refractivity contribution is -0.142. The van der Waals surface area contributed by atoms with Gasteiger partial charge in [0.15, 0.2) is 6.04 Å². The van der Waals surface area contributed by atoms with Crippen molar-refractivity contribution < 1.29 is 19.1 Å². The summed E-state index contributed by atoms with van der Waals surface area (Å²) in [7, 11) is 0. The van der Waals surface area contributed by atoms with Crippen LogP contribution in [0.1, 0.15) is 44.7 Å². The molecule has 6 heteroatoms. The highest BCUT2D eigenvalue weighted by molar-refractivity contribution is 5.84. The second-order valence-corrected chi connectivity index (χ2v) is 6.64. The molecule has 0 spiro atoms. The third-order valence-corrected chi connectivity index (χ3v) is 4.62. The highest BCUT2D eigenvalue weighted by Crippen LogP contribution is 2.23. The largest absolute Gasteiger partial charge is 0.479 e. The zero-order valence-electron chi connectivity index (χ0n) is 14.2. The second kappa shape index (κ2) is 8.24.